The van der Waals surface area contributed by atoms with E-state index in [1.165, 1.54) is 0 Å². The standard InChI is InChI=1S/C13H16N2O2/c1-3-8(2)7-11-14-10-6-4-5-9(13(16)17)12(10)15-11/h4-6,8H,3,7H2,1-2H3,(H,14,15)(H,16,17). The van der Waals surface area contributed by atoms with Gasteiger partial charge in [0.15, 0.2) is 0 Å². The molecule has 1 heterocycles. The molecule has 0 aliphatic rings. The lowest BCUT2D eigenvalue weighted by Gasteiger charge is -2.03. The Hall–Kier alpha value is -1.84. The number of carbonyl (C=O) groups is 1. The quantitative estimate of drug-likeness (QED) is 0.851. The molecule has 0 aliphatic heterocycles. The van der Waals surface area contributed by atoms with Gasteiger partial charge in [-0.15, -0.1) is 0 Å². The second-order valence-corrected chi connectivity index (χ2v) is 4.41. The molecular formula is C13H16N2O2. The van der Waals surface area contributed by atoms with Crippen LogP contribution in [0, 0.1) is 5.92 Å². The van der Waals surface area contributed by atoms with Gasteiger partial charge in [-0.1, -0.05) is 26.3 Å². The van der Waals surface area contributed by atoms with E-state index in [1.54, 1.807) is 12.1 Å². The Bertz CT molecular complexity index is 545. The minimum Gasteiger partial charge on any atom is -0.478 e. The van der Waals surface area contributed by atoms with Crippen molar-refractivity contribution in [2.24, 2.45) is 5.92 Å². The summed E-state index contributed by atoms with van der Waals surface area (Å²) in [5, 5.41) is 9.07. The van der Waals surface area contributed by atoms with Crippen LogP contribution in [0.5, 0.6) is 0 Å². The molecule has 2 N–H and O–H groups in total. The van der Waals surface area contributed by atoms with Gasteiger partial charge in [0.2, 0.25) is 0 Å². The molecule has 0 aliphatic carbocycles. The number of H-pyrrole nitrogens is 1. The Labute approximate surface area is 99.7 Å². The second kappa shape index (κ2) is 4.57. The lowest BCUT2D eigenvalue weighted by atomic mass is 10.1. The van der Waals surface area contributed by atoms with E-state index in [9.17, 15) is 4.79 Å². The van der Waals surface area contributed by atoms with E-state index in [0.717, 1.165) is 24.2 Å². The predicted octanol–water partition coefficient (Wildman–Crippen LogP) is 2.85. The van der Waals surface area contributed by atoms with Crippen molar-refractivity contribution in [2.45, 2.75) is 26.7 Å². The van der Waals surface area contributed by atoms with Crippen LogP contribution in [0.15, 0.2) is 18.2 Å². The van der Waals surface area contributed by atoms with E-state index in [2.05, 4.69) is 23.8 Å². The molecule has 0 fully saturated rings. The first-order valence-electron chi connectivity index (χ1n) is 5.82. The number of aromatic nitrogens is 2. The molecule has 17 heavy (non-hydrogen) atoms. The highest BCUT2D eigenvalue weighted by molar-refractivity contribution is 6.00. The van der Waals surface area contributed by atoms with Crippen LogP contribution in [0.25, 0.3) is 11.0 Å². The molecule has 0 bridgehead atoms. The highest BCUT2D eigenvalue weighted by Gasteiger charge is 2.13. The third-order valence-corrected chi connectivity index (χ3v) is 3.03. The number of hydrogen-bond acceptors (Lipinski definition) is 2. The van der Waals surface area contributed by atoms with Crippen LogP contribution in [-0.4, -0.2) is 21.0 Å². The van der Waals surface area contributed by atoms with E-state index in [-0.39, 0.29) is 5.56 Å². The molecule has 4 heteroatoms. The van der Waals surface area contributed by atoms with Gasteiger partial charge in [-0.25, -0.2) is 9.78 Å². The molecule has 0 saturated carbocycles. The number of imidazole rings is 1. The monoisotopic (exact) mass is 232 g/mol. The number of carboxylic acid groups (broad SMARTS) is 1. The minimum atomic E-state index is -0.933. The number of nitrogens with zero attached hydrogens (tertiary/aromatic N) is 1. The van der Waals surface area contributed by atoms with Gasteiger partial charge in [-0.3, -0.25) is 0 Å². The molecule has 1 aromatic heterocycles. The largest absolute Gasteiger partial charge is 0.478 e. The van der Waals surface area contributed by atoms with Crippen molar-refractivity contribution in [1.29, 1.82) is 0 Å². The molecule has 1 atom stereocenters. The highest BCUT2D eigenvalue weighted by Crippen LogP contribution is 2.18. The maximum absolute atomic E-state index is 11.0. The summed E-state index contributed by atoms with van der Waals surface area (Å²) in [5.74, 6) is 0.476. The van der Waals surface area contributed by atoms with Gasteiger partial charge >= 0.3 is 5.97 Å². The third kappa shape index (κ3) is 2.30. The first-order chi connectivity index (χ1) is 8.11. The zero-order valence-corrected chi connectivity index (χ0v) is 10.0. The van der Waals surface area contributed by atoms with Crippen LogP contribution in [0.3, 0.4) is 0 Å². The van der Waals surface area contributed by atoms with E-state index < -0.39 is 5.97 Å². The molecule has 4 nitrogen and oxygen atoms in total. The highest BCUT2D eigenvalue weighted by atomic mass is 16.4. The van der Waals surface area contributed by atoms with E-state index in [0.29, 0.717) is 11.4 Å². The van der Waals surface area contributed by atoms with Crippen LogP contribution in [-0.2, 0) is 6.42 Å². The summed E-state index contributed by atoms with van der Waals surface area (Å²) < 4.78 is 0. The Balaban J connectivity index is 2.43. The zero-order chi connectivity index (χ0) is 12.4. The van der Waals surface area contributed by atoms with Crippen molar-refractivity contribution in [1.82, 2.24) is 9.97 Å². The maximum Gasteiger partial charge on any atom is 0.337 e. The van der Waals surface area contributed by atoms with Crippen molar-refractivity contribution in [3.05, 3.63) is 29.6 Å². The third-order valence-electron chi connectivity index (χ3n) is 3.03. The molecular weight excluding hydrogens is 216 g/mol. The summed E-state index contributed by atoms with van der Waals surface area (Å²) in [4.78, 5) is 18.6. The van der Waals surface area contributed by atoms with Gasteiger partial charge in [0.25, 0.3) is 0 Å². The summed E-state index contributed by atoms with van der Waals surface area (Å²) in [7, 11) is 0. The topological polar surface area (TPSA) is 66.0 Å². The van der Waals surface area contributed by atoms with E-state index in [4.69, 9.17) is 5.11 Å². The fraction of sp³-hybridized carbons (Fsp3) is 0.385. The lowest BCUT2D eigenvalue weighted by molar-refractivity contribution is 0.0699. The summed E-state index contributed by atoms with van der Waals surface area (Å²) in [6.45, 7) is 4.29. The van der Waals surface area contributed by atoms with Crippen LogP contribution < -0.4 is 0 Å². The minimum absolute atomic E-state index is 0.258. The average Bonchev–Trinajstić information content (AvgIpc) is 2.70. The Morgan fingerprint density at radius 3 is 2.94 bits per heavy atom. The van der Waals surface area contributed by atoms with Gasteiger partial charge in [-0.05, 0) is 18.1 Å². The van der Waals surface area contributed by atoms with Gasteiger partial charge in [0.1, 0.15) is 11.3 Å². The molecule has 0 amide bonds. The molecule has 90 valence electrons. The van der Waals surface area contributed by atoms with E-state index in [1.807, 2.05) is 6.07 Å². The van der Waals surface area contributed by atoms with Gasteiger partial charge in [0, 0.05) is 6.42 Å². The number of fused-ring (bicyclic) bond motifs is 1. The number of aromatic amines is 1. The van der Waals surface area contributed by atoms with Crippen molar-refractivity contribution in [3.63, 3.8) is 0 Å². The maximum atomic E-state index is 11.0. The molecule has 1 aromatic carbocycles. The molecule has 2 aromatic rings. The van der Waals surface area contributed by atoms with Crippen molar-refractivity contribution in [3.8, 4) is 0 Å². The van der Waals surface area contributed by atoms with Crippen LogP contribution in [0.1, 0.15) is 36.5 Å². The van der Waals surface area contributed by atoms with Crippen molar-refractivity contribution >= 4 is 17.0 Å². The summed E-state index contributed by atoms with van der Waals surface area (Å²) in [6, 6.07) is 5.17. The summed E-state index contributed by atoms with van der Waals surface area (Å²) >= 11 is 0. The first-order valence-corrected chi connectivity index (χ1v) is 5.82. The number of para-hydroxylation sites is 1. The Morgan fingerprint density at radius 1 is 1.53 bits per heavy atom. The number of nitrogens with one attached hydrogen (secondary N) is 1. The molecule has 0 saturated heterocycles. The molecule has 0 radical (unpaired) electrons. The molecule has 0 spiro atoms. The van der Waals surface area contributed by atoms with Gasteiger partial charge < -0.3 is 10.1 Å². The van der Waals surface area contributed by atoms with Gasteiger partial charge in [-0.2, -0.15) is 0 Å². The van der Waals surface area contributed by atoms with Crippen LogP contribution in [0.4, 0.5) is 0 Å². The molecule has 2 rings (SSSR count). The number of carboxylic acids is 1. The summed E-state index contributed by atoms with van der Waals surface area (Å²) in [6.07, 6.45) is 1.94. The second-order valence-electron chi connectivity index (χ2n) is 4.41. The first kappa shape index (κ1) is 11.6. The fourth-order valence-electron chi connectivity index (χ4n) is 1.83. The number of aromatic carboxylic acids is 1. The molecule has 1 unspecified atom stereocenters. The van der Waals surface area contributed by atoms with Crippen molar-refractivity contribution < 1.29 is 9.90 Å². The van der Waals surface area contributed by atoms with Crippen LogP contribution >= 0.6 is 0 Å². The average molecular weight is 232 g/mol. The van der Waals surface area contributed by atoms with Crippen LogP contribution in [0.2, 0.25) is 0 Å². The normalized spacial score (nSPS) is 12.8. The zero-order valence-electron chi connectivity index (χ0n) is 10.0. The Kier molecular flexibility index (Phi) is 3.13. The number of hydrogen-bond donors (Lipinski definition) is 2. The number of rotatable bonds is 4. The summed E-state index contributed by atoms with van der Waals surface area (Å²) in [5.41, 5.74) is 1.61. The lowest BCUT2D eigenvalue weighted by Crippen LogP contribution is -1.99. The van der Waals surface area contributed by atoms with E-state index >= 15 is 0 Å². The Morgan fingerprint density at radius 2 is 2.29 bits per heavy atom. The smallest absolute Gasteiger partial charge is 0.337 e. The predicted molar refractivity (Wildman–Crippen MR) is 66.2 cm³/mol. The fourth-order valence-corrected chi connectivity index (χ4v) is 1.83. The van der Waals surface area contributed by atoms with Crippen molar-refractivity contribution in [2.75, 3.05) is 0 Å². The van der Waals surface area contributed by atoms with Gasteiger partial charge in [0.05, 0.1) is 11.1 Å². The number of benzene rings is 1. The SMILES string of the molecule is CCC(C)Cc1nc2c(C(=O)O)cccc2[nH]1.